The first-order chi connectivity index (χ1) is 10.1. The number of piperidine rings is 1. The Morgan fingerprint density at radius 3 is 2.67 bits per heavy atom. The number of nitrogens with zero attached hydrogens (tertiary/aromatic N) is 1. The molecule has 0 saturated carbocycles. The van der Waals surface area contributed by atoms with E-state index < -0.39 is 0 Å². The first kappa shape index (κ1) is 16.4. The lowest BCUT2D eigenvalue weighted by molar-refractivity contribution is 0.292. The van der Waals surface area contributed by atoms with Crippen LogP contribution in [0.3, 0.4) is 0 Å². The minimum absolute atomic E-state index is 0.434. The summed E-state index contributed by atoms with van der Waals surface area (Å²) in [6.45, 7) is 12.8. The largest absolute Gasteiger partial charge is 0.371 e. The van der Waals surface area contributed by atoms with E-state index in [9.17, 15) is 0 Å². The molecule has 1 atom stereocenters. The van der Waals surface area contributed by atoms with Gasteiger partial charge in [0.2, 0.25) is 0 Å². The maximum atomic E-state index is 3.71. The molecule has 0 amide bonds. The van der Waals surface area contributed by atoms with Crippen molar-refractivity contribution in [2.45, 2.75) is 59.4 Å². The van der Waals surface area contributed by atoms with Crippen LogP contribution < -0.4 is 10.2 Å². The Hall–Kier alpha value is -1.02. The van der Waals surface area contributed by atoms with Crippen LogP contribution in [0.2, 0.25) is 0 Å². The Labute approximate surface area is 130 Å². The van der Waals surface area contributed by atoms with Crippen LogP contribution in [0.4, 0.5) is 5.69 Å². The summed E-state index contributed by atoms with van der Waals surface area (Å²) < 4.78 is 0. The van der Waals surface area contributed by atoms with Crippen molar-refractivity contribution < 1.29 is 0 Å². The summed E-state index contributed by atoms with van der Waals surface area (Å²) in [7, 11) is 0. The lowest BCUT2D eigenvalue weighted by Gasteiger charge is -2.41. The van der Waals surface area contributed by atoms with Crippen LogP contribution >= 0.6 is 0 Å². The van der Waals surface area contributed by atoms with Crippen molar-refractivity contribution in [3.63, 3.8) is 0 Å². The predicted octanol–water partition coefficient (Wildman–Crippen LogP) is 4.76. The van der Waals surface area contributed by atoms with E-state index in [1.54, 1.807) is 0 Å². The maximum absolute atomic E-state index is 3.71. The normalized spacial score (nSPS) is 19.5. The summed E-state index contributed by atoms with van der Waals surface area (Å²) >= 11 is 0. The molecule has 1 N–H and O–H groups in total. The first-order valence-electron chi connectivity index (χ1n) is 8.64. The molecule has 1 aromatic carbocycles. The van der Waals surface area contributed by atoms with Gasteiger partial charge in [0.15, 0.2) is 0 Å². The van der Waals surface area contributed by atoms with Gasteiger partial charge in [-0.1, -0.05) is 45.9 Å². The number of nitrogens with one attached hydrogen (secondary N) is 1. The van der Waals surface area contributed by atoms with E-state index in [-0.39, 0.29) is 0 Å². The SMILES string of the molecule is CCCNC(CC)c1ccccc1N1CCCC(C)(C)C1. The Kier molecular flexibility index (Phi) is 5.69. The third kappa shape index (κ3) is 4.23. The first-order valence-corrected chi connectivity index (χ1v) is 8.64. The van der Waals surface area contributed by atoms with Gasteiger partial charge in [0.1, 0.15) is 0 Å². The second-order valence-corrected chi connectivity index (χ2v) is 7.16. The highest BCUT2D eigenvalue weighted by atomic mass is 15.1. The van der Waals surface area contributed by atoms with Crippen molar-refractivity contribution in [3.8, 4) is 0 Å². The van der Waals surface area contributed by atoms with E-state index in [0.29, 0.717) is 11.5 Å². The average molecular weight is 288 g/mol. The molecule has 1 aliphatic rings. The number of benzene rings is 1. The highest BCUT2D eigenvalue weighted by Crippen LogP contribution is 2.35. The van der Waals surface area contributed by atoms with E-state index in [1.165, 1.54) is 43.6 Å². The molecule has 0 spiro atoms. The van der Waals surface area contributed by atoms with E-state index in [0.717, 1.165) is 13.0 Å². The summed E-state index contributed by atoms with van der Waals surface area (Å²) in [4.78, 5) is 2.61. The third-order valence-corrected chi connectivity index (χ3v) is 4.60. The highest BCUT2D eigenvalue weighted by Gasteiger charge is 2.28. The van der Waals surface area contributed by atoms with Crippen LogP contribution in [0.15, 0.2) is 24.3 Å². The van der Waals surface area contributed by atoms with Crippen molar-refractivity contribution in [1.82, 2.24) is 5.32 Å². The Balaban J connectivity index is 2.23. The van der Waals surface area contributed by atoms with Crippen molar-refractivity contribution in [2.24, 2.45) is 5.41 Å². The molecule has 1 saturated heterocycles. The zero-order chi connectivity index (χ0) is 15.3. The topological polar surface area (TPSA) is 15.3 Å². The number of para-hydroxylation sites is 1. The molecular weight excluding hydrogens is 256 g/mol. The molecular formula is C19H32N2. The zero-order valence-corrected chi connectivity index (χ0v) is 14.3. The van der Waals surface area contributed by atoms with Crippen molar-refractivity contribution in [3.05, 3.63) is 29.8 Å². The van der Waals surface area contributed by atoms with Crippen LogP contribution in [0.1, 0.15) is 65.0 Å². The summed E-state index contributed by atoms with van der Waals surface area (Å²) in [6, 6.07) is 9.48. The van der Waals surface area contributed by atoms with E-state index >= 15 is 0 Å². The lowest BCUT2D eigenvalue weighted by Crippen LogP contribution is -2.41. The van der Waals surface area contributed by atoms with Gasteiger partial charge in [-0.25, -0.2) is 0 Å². The van der Waals surface area contributed by atoms with Crippen LogP contribution in [0.25, 0.3) is 0 Å². The quantitative estimate of drug-likeness (QED) is 0.811. The van der Waals surface area contributed by atoms with Gasteiger partial charge in [-0.05, 0) is 49.3 Å². The fourth-order valence-corrected chi connectivity index (χ4v) is 3.49. The second kappa shape index (κ2) is 7.31. The molecule has 0 aromatic heterocycles. The predicted molar refractivity (Wildman–Crippen MR) is 93.0 cm³/mol. The minimum atomic E-state index is 0.434. The van der Waals surface area contributed by atoms with E-state index in [2.05, 4.69) is 62.2 Å². The van der Waals surface area contributed by atoms with Gasteiger partial charge in [-0.3, -0.25) is 0 Å². The summed E-state index contributed by atoms with van der Waals surface area (Å²) in [6.07, 6.45) is 4.99. The monoisotopic (exact) mass is 288 g/mol. The van der Waals surface area contributed by atoms with Crippen molar-refractivity contribution in [2.75, 3.05) is 24.5 Å². The Bertz CT molecular complexity index is 439. The van der Waals surface area contributed by atoms with Gasteiger partial charge in [0, 0.05) is 24.8 Å². The Morgan fingerprint density at radius 2 is 2.00 bits per heavy atom. The molecule has 1 aromatic rings. The molecule has 1 heterocycles. The van der Waals surface area contributed by atoms with Crippen LogP contribution in [-0.4, -0.2) is 19.6 Å². The highest BCUT2D eigenvalue weighted by molar-refractivity contribution is 5.55. The number of hydrogen-bond acceptors (Lipinski definition) is 2. The van der Waals surface area contributed by atoms with Crippen LogP contribution in [0, 0.1) is 5.41 Å². The lowest BCUT2D eigenvalue weighted by atomic mass is 9.83. The van der Waals surface area contributed by atoms with Crippen LogP contribution in [-0.2, 0) is 0 Å². The number of rotatable bonds is 6. The standard InChI is InChI=1S/C19H32N2/c1-5-13-20-17(6-2)16-10-7-8-11-18(16)21-14-9-12-19(3,4)15-21/h7-8,10-11,17,20H,5-6,9,12-15H2,1-4H3. The second-order valence-electron chi connectivity index (χ2n) is 7.16. The molecule has 118 valence electrons. The number of hydrogen-bond donors (Lipinski definition) is 1. The van der Waals surface area contributed by atoms with Gasteiger partial charge in [0.25, 0.3) is 0 Å². The van der Waals surface area contributed by atoms with E-state index in [1.807, 2.05) is 0 Å². The van der Waals surface area contributed by atoms with E-state index in [4.69, 9.17) is 0 Å². The average Bonchev–Trinajstić information content (AvgIpc) is 2.47. The van der Waals surface area contributed by atoms with Gasteiger partial charge in [-0.15, -0.1) is 0 Å². The molecule has 1 aliphatic heterocycles. The fraction of sp³-hybridized carbons (Fsp3) is 0.684. The molecule has 21 heavy (non-hydrogen) atoms. The maximum Gasteiger partial charge on any atom is 0.0414 e. The van der Waals surface area contributed by atoms with Gasteiger partial charge < -0.3 is 10.2 Å². The zero-order valence-electron chi connectivity index (χ0n) is 14.3. The molecule has 2 nitrogen and oxygen atoms in total. The Morgan fingerprint density at radius 1 is 1.24 bits per heavy atom. The third-order valence-electron chi connectivity index (χ3n) is 4.60. The summed E-state index contributed by atoms with van der Waals surface area (Å²) in [5.74, 6) is 0. The number of anilines is 1. The smallest absolute Gasteiger partial charge is 0.0414 e. The van der Waals surface area contributed by atoms with Crippen molar-refractivity contribution >= 4 is 5.69 Å². The molecule has 1 fully saturated rings. The molecule has 1 unspecified atom stereocenters. The van der Waals surface area contributed by atoms with Crippen LogP contribution in [0.5, 0.6) is 0 Å². The summed E-state index contributed by atoms with van der Waals surface area (Å²) in [5, 5.41) is 3.71. The van der Waals surface area contributed by atoms with Gasteiger partial charge >= 0.3 is 0 Å². The molecule has 0 radical (unpaired) electrons. The van der Waals surface area contributed by atoms with Gasteiger partial charge in [-0.2, -0.15) is 0 Å². The summed E-state index contributed by atoms with van der Waals surface area (Å²) in [5.41, 5.74) is 3.36. The fourth-order valence-electron chi connectivity index (χ4n) is 3.49. The van der Waals surface area contributed by atoms with Crippen molar-refractivity contribution in [1.29, 1.82) is 0 Å². The molecule has 0 aliphatic carbocycles. The molecule has 2 heteroatoms. The van der Waals surface area contributed by atoms with Gasteiger partial charge in [0.05, 0.1) is 0 Å². The molecule has 0 bridgehead atoms. The minimum Gasteiger partial charge on any atom is -0.371 e. The molecule has 2 rings (SSSR count).